The van der Waals surface area contributed by atoms with Crippen LogP contribution in [-0.4, -0.2) is 7.05 Å². The van der Waals surface area contributed by atoms with E-state index in [-0.39, 0.29) is 0 Å². The second kappa shape index (κ2) is 7.63. The van der Waals surface area contributed by atoms with Gasteiger partial charge in [-0.1, -0.05) is 55.8 Å². The Labute approximate surface area is 133 Å². The summed E-state index contributed by atoms with van der Waals surface area (Å²) >= 11 is 6.10. The molecule has 1 nitrogen and oxygen atoms in total. The first-order valence-corrected chi connectivity index (χ1v) is 8.09. The van der Waals surface area contributed by atoms with Crippen molar-refractivity contribution in [3.05, 3.63) is 69.7 Å². The zero-order valence-corrected chi connectivity index (χ0v) is 13.9. The highest BCUT2D eigenvalue weighted by atomic mass is 35.5. The van der Waals surface area contributed by atoms with Gasteiger partial charge in [-0.05, 0) is 60.7 Å². The van der Waals surface area contributed by atoms with Crippen molar-refractivity contribution >= 4 is 11.6 Å². The summed E-state index contributed by atoms with van der Waals surface area (Å²) in [7, 11) is 2.03. The first kappa shape index (κ1) is 16.1. The molecule has 0 aliphatic carbocycles. The first-order valence-electron chi connectivity index (χ1n) is 7.71. The highest BCUT2D eigenvalue weighted by Crippen LogP contribution is 2.25. The molecule has 2 aromatic carbocycles. The van der Waals surface area contributed by atoms with E-state index in [4.69, 9.17) is 11.6 Å². The Morgan fingerprint density at radius 2 is 1.81 bits per heavy atom. The Morgan fingerprint density at radius 3 is 2.43 bits per heavy atom. The third-order valence-corrected chi connectivity index (χ3v) is 4.29. The highest BCUT2D eigenvalue weighted by molar-refractivity contribution is 6.30. The second-order valence-electron chi connectivity index (χ2n) is 5.42. The molecular formula is C19H24ClN. The van der Waals surface area contributed by atoms with Crippen molar-refractivity contribution in [2.24, 2.45) is 0 Å². The molecule has 0 amide bonds. The predicted molar refractivity (Wildman–Crippen MR) is 92.2 cm³/mol. The fourth-order valence-corrected chi connectivity index (χ4v) is 2.99. The minimum atomic E-state index is 0.324. The summed E-state index contributed by atoms with van der Waals surface area (Å²) < 4.78 is 0. The Balaban J connectivity index is 2.32. The number of hydrogen-bond donors (Lipinski definition) is 1. The summed E-state index contributed by atoms with van der Waals surface area (Å²) in [6, 6.07) is 15.3. The summed E-state index contributed by atoms with van der Waals surface area (Å²) in [5, 5.41) is 4.28. The SMILES string of the molecule is CCc1ccc(CC)c(C(Cc2cccc(Cl)c2)NC)c1. The van der Waals surface area contributed by atoms with Crippen molar-refractivity contribution in [1.29, 1.82) is 0 Å². The Morgan fingerprint density at radius 1 is 1.00 bits per heavy atom. The third kappa shape index (κ3) is 4.09. The van der Waals surface area contributed by atoms with E-state index >= 15 is 0 Å². The molecule has 1 atom stereocenters. The summed E-state index contributed by atoms with van der Waals surface area (Å²) in [4.78, 5) is 0. The lowest BCUT2D eigenvalue weighted by molar-refractivity contribution is 0.586. The van der Waals surface area contributed by atoms with Gasteiger partial charge in [0, 0.05) is 11.1 Å². The smallest absolute Gasteiger partial charge is 0.0408 e. The summed E-state index contributed by atoms with van der Waals surface area (Å²) in [5.41, 5.74) is 5.51. The maximum absolute atomic E-state index is 6.10. The minimum absolute atomic E-state index is 0.324. The van der Waals surface area contributed by atoms with Crippen LogP contribution in [-0.2, 0) is 19.3 Å². The molecule has 0 aromatic heterocycles. The Bertz CT molecular complexity index is 592. The topological polar surface area (TPSA) is 12.0 Å². The van der Waals surface area contributed by atoms with Gasteiger partial charge in [-0.3, -0.25) is 0 Å². The molecule has 0 saturated carbocycles. The van der Waals surface area contributed by atoms with Crippen molar-refractivity contribution in [3.8, 4) is 0 Å². The Kier molecular flexibility index (Phi) is 5.84. The van der Waals surface area contributed by atoms with E-state index < -0.39 is 0 Å². The molecule has 0 saturated heterocycles. The fraction of sp³-hybridized carbons (Fsp3) is 0.368. The van der Waals surface area contributed by atoms with Crippen LogP contribution < -0.4 is 5.32 Å². The van der Waals surface area contributed by atoms with Crippen molar-refractivity contribution in [2.75, 3.05) is 7.05 Å². The quantitative estimate of drug-likeness (QED) is 0.794. The van der Waals surface area contributed by atoms with Gasteiger partial charge in [0.2, 0.25) is 0 Å². The Hall–Kier alpha value is -1.31. The van der Waals surface area contributed by atoms with Crippen LogP contribution in [0.15, 0.2) is 42.5 Å². The van der Waals surface area contributed by atoms with Gasteiger partial charge in [0.25, 0.3) is 0 Å². The largest absolute Gasteiger partial charge is 0.313 e. The molecular weight excluding hydrogens is 278 g/mol. The molecule has 2 rings (SSSR count). The van der Waals surface area contributed by atoms with Crippen LogP contribution in [0.4, 0.5) is 0 Å². The van der Waals surface area contributed by atoms with Crippen LogP contribution in [0.5, 0.6) is 0 Å². The van der Waals surface area contributed by atoms with Gasteiger partial charge in [-0.25, -0.2) is 0 Å². The normalized spacial score (nSPS) is 12.4. The van der Waals surface area contributed by atoms with E-state index in [0.717, 1.165) is 24.3 Å². The van der Waals surface area contributed by atoms with Crippen molar-refractivity contribution < 1.29 is 0 Å². The van der Waals surface area contributed by atoms with Crippen LogP contribution in [0.3, 0.4) is 0 Å². The van der Waals surface area contributed by atoms with Crippen LogP contribution >= 0.6 is 11.6 Å². The molecule has 0 radical (unpaired) electrons. The van der Waals surface area contributed by atoms with Gasteiger partial charge < -0.3 is 5.32 Å². The van der Waals surface area contributed by atoms with Gasteiger partial charge in [0.1, 0.15) is 0 Å². The molecule has 2 aromatic rings. The zero-order valence-electron chi connectivity index (χ0n) is 13.1. The molecule has 0 aliphatic rings. The van der Waals surface area contributed by atoms with Crippen LogP contribution in [0.1, 0.15) is 42.1 Å². The average Bonchev–Trinajstić information content (AvgIpc) is 2.52. The number of aryl methyl sites for hydroxylation is 2. The lowest BCUT2D eigenvalue weighted by atomic mass is 9.91. The van der Waals surface area contributed by atoms with E-state index in [1.165, 1.54) is 22.3 Å². The molecule has 21 heavy (non-hydrogen) atoms. The maximum Gasteiger partial charge on any atom is 0.0408 e. The van der Waals surface area contributed by atoms with Gasteiger partial charge in [-0.2, -0.15) is 0 Å². The molecule has 0 spiro atoms. The molecule has 0 heterocycles. The number of rotatable bonds is 6. The molecule has 112 valence electrons. The maximum atomic E-state index is 6.10. The molecule has 1 unspecified atom stereocenters. The van der Waals surface area contributed by atoms with Crippen LogP contribution in [0.25, 0.3) is 0 Å². The second-order valence-corrected chi connectivity index (χ2v) is 5.85. The zero-order chi connectivity index (χ0) is 15.2. The van der Waals surface area contributed by atoms with Gasteiger partial charge in [0.15, 0.2) is 0 Å². The van der Waals surface area contributed by atoms with E-state index in [1.807, 2.05) is 19.2 Å². The summed E-state index contributed by atoms with van der Waals surface area (Å²) in [5.74, 6) is 0. The number of hydrogen-bond acceptors (Lipinski definition) is 1. The lowest BCUT2D eigenvalue weighted by Gasteiger charge is -2.21. The summed E-state index contributed by atoms with van der Waals surface area (Å²) in [6.45, 7) is 4.42. The standard InChI is InChI=1S/C19H24ClN/c1-4-14-9-10-16(5-2)18(12-14)19(21-3)13-15-7-6-8-17(20)11-15/h6-12,19,21H,4-5,13H2,1-3H3. The summed E-state index contributed by atoms with van der Waals surface area (Å²) in [6.07, 6.45) is 3.09. The van der Waals surface area contributed by atoms with E-state index in [2.05, 4.69) is 49.5 Å². The average molecular weight is 302 g/mol. The molecule has 2 heteroatoms. The molecule has 0 fully saturated rings. The van der Waals surface area contributed by atoms with Crippen LogP contribution in [0, 0.1) is 0 Å². The number of likely N-dealkylation sites (N-methyl/N-ethyl adjacent to an activating group) is 1. The van der Waals surface area contributed by atoms with Crippen molar-refractivity contribution in [2.45, 2.75) is 39.2 Å². The molecule has 0 bridgehead atoms. The van der Waals surface area contributed by atoms with E-state index in [0.29, 0.717) is 6.04 Å². The monoisotopic (exact) mass is 301 g/mol. The van der Waals surface area contributed by atoms with Crippen molar-refractivity contribution in [1.82, 2.24) is 5.32 Å². The first-order chi connectivity index (χ1) is 10.2. The van der Waals surface area contributed by atoms with Gasteiger partial charge >= 0.3 is 0 Å². The molecule has 1 N–H and O–H groups in total. The van der Waals surface area contributed by atoms with Gasteiger partial charge in [0.05, 0.1) is 0 Å². The number of halogens is 1. The van der Waals surface area contributed by atoms with Crippen molar-refractivity contribution in [3.63, 3.8) is 0 Å². The van der Waals surface area contributed by atoms with E-state index in [1.54, 1.807) is 0 Å². The third-order valence-electron chi connectivity index (χ3n) is 4.05. The lowest BCUT2D eigenvalue weighted by Crippen LogP contribution is -2.20. The number of nitrogens with one attached hydrogen (secondary N) is 1. The van der Waals surface area contributed by atoms with Crippen LogP contribution in [0.2, 0.25) is 5.02 Å². The van der Waals surface area contributed by atoms with E-state index in [9.17, 15) is 0 Å². The number of benzene rings is 2. The molecule has 0 aliphatic heterocycles. The van der Waals surface area contributed by atoms with Gasteiger partial charge in [-0.15, -0.1) is 0 Å². The fourth-order valence-electron chi connectivity index (χ4n) is 2.78. The predicted octanol–water partition coefficient (Wildman–Crippen LogP) is 4.97. The highest BCUT2D eigenvalue weighted by Gasteiger charge is 2.14. The minimum Gasteiger partial charge on any atom is -0.313 e.